The number of ether oxygens (including phenoxy) is 3. The van der Waals surface area contributed by atoms with Gasteiger partial charge in [-0.25, -0.2) is 4.98 Å². The number of anilines is 3. The van der Waals surface area contributed by atoms with Crippen molar-refractivity contribution in [3.63, 3.8) is 0 Å². The Labute approximate surface area is 169 Å². The number of carbonyl (C=O) groups excluding carboxylic acids is 1. The van der Waals surface area contributed by atoms with Gasteiger partial charge in [0.25, 0.3) is 5.91 Å². The molecule has 1 heterocycles. The predicted octanol–water partition coefficient (Wildman–Crippen LogP) is 4.17. The lowest BCUT2D eigenvalue weighted by molar-refractivity contribution is -0.118. The largest absolute Gasteiger partial charge is 0.497 e. The monoisotopic (exact) mass is 393 g/mol. The Morgan fingerprint density at radius 3 is 2.38 bits per heavy atom. The number of carbonyl (C=O) groups is 1. The number of hydrogen-bond acceptors (Lipinski definition) is 6. The van der Waals surface area contributed by atoms with E-state index in [9.17, 15) is 4.79 Å². The number of rotatable bonds is 8. The van der Waals surface area contributed by atoms with Gasteiger partial charge in [0.15, 0.2) is 6.61 Å². The third kappa shape index (κ3) is 5.62. The van der Waals surface area contributed by atoms with Gasteiger partial charge in [-0.05, 0) is 43.3 Å². The van der Waals surface area contributed by atoms with Crippen LogP contribution in [0.25, 0.3) is 0 Å². The molecule has 3 rings (SSSR count). The van der Waals surface area contributed by atoms with Crippen LogP contribution in [0.4, 0.5) is 17.2 Å². The molecule has 0 aliphatic carbocycles. The van der Waals surface area contributed by atoms with E-state index in [0.29, 0.717) is 28.8 Å². The molecule has 2 N–H and O–H groups in total. The molecule has 0 aliphatic rings. The molecule has 3 aromatic rings. The minimum atomic E-state index is -0.259. The molecule has 0 unspecified atom stereocenters. The van der Waals surface area contributed by atoms with Crippen molar-refractivity contribution in [2.75, 3.05) is 31.5 Å². The minimum Gasteiger partial charge on any atom is -0.497 e. The van der Waals surface area contributed by atoms with Crippen molar-refractivity contribution in [3.8, 4) is 17.2 Å². The third-order valence-electron chi connectivity index (χ3n) is 4.11. The molecule has 0 saturated heterocycles. The lowest BCUT2D eigenvalue weighted by Crippen LogP contribution is -2.20. The molecule has 7 nitrogen and oxygen atoms in total. The van der Waals surface area contributed by atoms with Crippen molar-refractivity contribution >= 4 is 23.1 Å². The molecule has 0 radical (unpaired) electrons. The van der Waals surface area contributed by atoms with Crippen LogP contribution in [0, 0.1) is 6.92 Å². The van der Waals surface area contributed by atoms with Gasteiger partial charge in [0.05, 0.1) is 31.8 Å². The zero-order valence-corrected chi connectivity index (χ0v) is 16.6. The Morgan fingerprint density at radius 2 is 1.72 bits per heavy atom. The number of aryl methyl sites for hydroxylation is 1. The van der Waals surface area contributed by atoms with Gasteiger partial charge < -0.3 is 24.8 Å². The summed E-state index contributed by atoms with van der Waals surface area (Å²) in [4.78, 5) is 16.4. The average Bonchev–Trinajstić information content (AvgIpc) is 2.75. The quantitative estimate of drug-likeness (QED) is 0.598. The number of nitrogens with zero attached hydrogens (tertiary/aromatic N) is 1. The van der Waals surface area contributed by atoms with Crippen LogP contribution in [-0.4, -0.2) is 31.7 Å². The normalized spacial score (nSPS) is 10.2. The predicted molar refractivity (Wildman–Crippen MR) is 112 cm³/mol. The summed E-state index contributed by atoms with van der Waals surface area (Å²) in [6.07, 6.45) is 1.57. The number of hydrogen-bond donors (Lipinski definition) is 2. The molecule has 0 spiro atoms. The molecule has 0 atom stereocenters. The highest BCUT2D eigenvalue weighted by molar-refractivity contribution is 5.91. The maximum Gasteiger partial charge on any atom is 0.262 e. The average molecular weight is 393 g/mol. The summed E-state index contributed by atoms with van der Waals surface area (Å²) in [5.74, 6) is 2.34. The molecule has 7 heteroatoms. The van der Waals surface area contributed by atoms with E-state index in [1.807, 2.05) is 43.3 Å². The van der Waals surface area contributed by atoms with Crippen LogP contribution in [0.1, 0.15) is 5.56 Å². The van der Waals surface area contributed by atoms with Gasteiger partial charge in [-0.1, -0.05) is 17.7 Å². The zero-order chi connectivity index (χ0) is 20.6. The fourth-order valence-electron chi connectivity index (χ4n) is 2.56. The number of pyridine rings is 1. The van der Waals surface area contributed by atoms with Gasteiger partial charge in [0.2, 0.25) is 0 Å². The van der Waals surface area contributed by atoms with Crippen LogP contribution in [0.3, 0.4) is 0 Å². The number of amides is 1. The number of methoxy groups -OCH3 is 2. The Kier molecular flexibility index (Phi) is 6.52. The molecule has 150 valence electrons. The first-order chi connectivity index (χ1) is 14.1. The second-order valence-electron chi connectivity index (χ2n) is 6.27. The summed E-state index contributed by atoms with van der Waals surface area (Å²) >= 11 is 0. The summed E-state index contributed by atoms with van der Waals surface area (Å²) in [5.41, 5.74) is 2.47. The number of nitrogens with one attached hydrogen (secondary N) is 2. The first kappa shape index (κ1) is 20.0. The smallest absolute Gasteiger partial charge is 0.262 e. The minimum absolute atomic E-state index is 0.0773. The van der Waals surface area contributed by atoms with E-state index in [0.717, 1.165) is 11.3 Å². The van der Waals surface area contributed by atoms with Crippen LogP contribution in [0.2, 0.25) is 0 Å². The SMILES string of the molecule is COc1ccc(Nc2ccc(NC(=O)COc3ccc(C)cc3)cn2)c(OC)c1. The molecule has 0 bridgehead atoms. The van der Waals surface area contributed by atoms with Gasteiger partial charge in [0, 0.05) is 6.07 Å². The van der Waals surface area contributed by atoms with Crippen LogP contribution in [0.5, 0.6) is 17.2 Å². The fourth-order valence-corrected chi connectivity index (χ4v) is 2.56. The molecule has 29 heavy (non-hydrogen) atoms. The molecular weight excluding hydrogens is 370 g/mol. The van der Waals surface area contributed by atoms with E-state index < -0.39 is 0 Å². The topological polar surface area (TPSA) is 81.7 Å². The molecule has 0 fully saturated rings. The summed E-state index contributed by atoms with van der Waals surface area (Å²) in [6.45, 7) is 1.92. The Morgan fingerprint density at radius 1 is 0.966 bits per heavy atom. The molecule has 0 aliphatic heterocycles. The van der Waals surface area contributed by atoms with E-state index in [1.54, 1.807) is 38.6 Å². The maximum atomic E-state index is 12.1. The zero-order valence-electron chi connectivity index (χ0n) is 16.6. The van der Waals surface area contributed by atoms with Gasteiger partial charge in [-0.15, -0.1) is 0 Å². The number of benzene rings is 2. The highest BCUT2D eigenvalue weighted by Crippen LogP contribution is 2.31. The molecule has 0 saturated carbocycles. The van der Waals surface area contributed by atoms with Crippen molar-refractivity contribution in [1.82, 2.24) is 4.98 Å². The Hall–Kier alpha value is -3.74. The standard InChI is InChI=1S/C22H23N3O4/c1-15-4-7-17(8-5-15)29-14-22(26)24-16-6-11-21(23-13-16)25-19-10-9-18(27-2)12-20(19)28-3/h4-13H,14H2,1-3H3,(H,23,25)(H,24,26). The van der Waals surface area contributed by atoms with Crippen LogP contribution >= 0.6 is 0 Å². The molecular formula is C22H23N3O4. The van der Waals surface area contributed by atoms with E-state index in [4.69, 9.17) is 14.2 Å². The second-order valence-corrected chi connectivity index (χ2v) is 6.27. The fraction of sp³-hybridized carbons (Fsp3) is 0.182. The van der Waals surface area contributed by atoms with Gasteiger partial charge >= 0.3 is 0 Å². The van der Waals surface area contributed by atoms with Crippen molar-refractivity contribution in [2.45, 2.75) is 6.92 Å². The van der Waals surface area contributed by atoms with Crippen molar-refractivity contribution < 1.29 is 19.0 Å². The van der Waals surface area contributed by atoms with Crippen LogP contribution < -0.4 is 24.8 Å². The van der Waals surface area contributed by atoms with E-state index in [1.165, 1.54) is 0 Å². The summed E-state index contributed by atoms with van der Waals surface area (Å²) in [5, 5.41) is 5.93. The molecule has 1 aromatic heterocycles. The maximum absolute atomic E-state index is 12.1. The van der Waals surface area contributed by atoms with E-state index in [-0.39, 0.29) is 12.5 Å². The summed E-state index contributed by atoms with van der Waals surface area (Å²) < 4.78 is 16.0. The van der Waals surface area contributed by atoms with Crippen molar-refractivity contribution in [2.24, 2.45) is 0 Å². The highest BCUT2D eigenvalue weighted by Gasteiger charge is 2.07. The van der Waals surface area contributed by atoms with Crippen LogP contribution in [0.15, 0.2) is 60.8 Å². The van der Waals surface area contributed by atoms with E-state index in [2.05, 4.69) is 15.6 Å². The molecule has 1 amide bonds. The van der Waals surface area contributed by atoms with Gasteiger partial charge in [-0.3, -0.25) is 4.79 Å². The lowest BCUT2D eigenvalue weighted by Gasteiger charge is -2.12. The second kappa shape index (κ2) is 9.45. The lowest BCUT2D eigenvalue weighted by atomic mass is 10.2. The van der Waals surface area contributed by atoms with Crippen molar-refractivity contribution in [3.05, 3.63) is 66.4 Å². The van der Waals surface area contributed by atoms with Gasteiger partial charge in [-0.2, -0.15) is 0 Å². The molecule has 2 aromatic carbocycles. The number of aromatic nitrogens is 1. The van der Waals surface area contributed by atoms with E-state index >= 15 is 0 Å². The van der Waals surface area contributed by atoms with Crippen LogP contribution in [-0.2, 0) is 4.79 Å². The van der Waals surface area contributed by atoms with Crippen molar-refractivity contribution in [1.29, 1.82) is 0 Å². The summed E-state index contributed by atoms with van der Waals surface area (Å²) in [7, 11) is 3.19. The summed E-state index contributed by atoms with van der Waals surface area (Å²) in [6, 6.07) is 16.5. The first-order valence-corrected chi connectivity index (χ1v) is 9.02. The highest BCUT2D eigenvalue weighted by atomic mass is 16.5. The first-order valence-electron chi connectivity index (χ1n) is 9.02. The Balaban J connectivity index is 1.56. The Bertz CT molecular complexity index is 957. The van der Waals surface area contributed by atoms with Gasteiger partial charge in [0.1, 0.15) is 23.1 Å². The third-order valence-corrected chi connectivity index (χ3v) is 4.11.